The maximum atomic E-state index is 12.5. The molecule has 0 unspecified atom stereocenters. The molecule has 447 valence electrons. The topological polar surface area (TPSA) is 228 Å². The molecule has 2 aliphatic rings. The smallest absolute Gasteiger partial charge is 0.793 e. The summed E-state index contributed by atoms with van der Waals surface area (Å²) in [5.74, 6) is 0.192. The van der Waals surface area contributed by atoms with Crippen LogP contribution >= 0.6 is 78.3 Å². The minimum Gasteiger partial charge on any atom is -0.793 e. The first-order chi connectivity index (χ1) is 39.1. The molecule has 83 heavy (non-hydrogen) atoms. The summed E-state index contributed by atoms with van der Waals surface area (Å²) in [4.78, 5) is 71.2. The van der Waals surface area contributed by atoms with Gasteiger partial charge in [-0.1, -0.05) is 48.3 Å². The maximum absolute atomic E-state index is 12.5. The number of halogens is 6. The van der Waals surface area contributed by atoms with E-state index in [9.17, 15) is 24.0 Å². The zero-order valence-corrected chi connectivity index (χ0v) is 56.7. The third kappa shape index (κ3) is 27.5. The monoisotopic (exact) mass is 1360 g/mol. The Morgan fingerprint density at radius 2 is 1.41 bits per heavy atom. The van der Waals surface area contributed by atoms with Crippen molar-refractivity contribution >= 4 is 127 Å². The van der Waals surface area contributed by atoms with Crippen molar-refractivity contribution in [1.29, 1.82) is 0 Å². The fraction of sp³-hybridized carbons (Fsp3) is 0.429. The van der Waals surface area contributed by atoms with E-state index in [0.29, 0.717) is 36.0 Å². The predicted octanol–water partition coefficient (Wildman–Crippen LogP) is 9.05. The second-order valence-corrected chi connectivity index (χ2v) is 21.0. The second-order valence-electron chi connectivity index (χ2n) is 17.7. The Morgan fingerprint density at radius 1 is 0.831 bits per heavy atom. The number of nitrogens with zero attached hydrogens (tertiary/aromatic N) is 6. The number of nitrogens with two attached hydrogens (primary N) is 1. The van der Waals surface area contributed by atoms with Gasteiger partial charge in [0.05, 0.1) is 39.5 Å². The molecule has 19 nitrogen and oxygen atoms in total. The van der Waals surface area contributed by atoms with Crippen LogP contribution in [-0.4, -0.2) is 127 Å². The van der Waals surface area contributed by atoms with Crippen LogP contribution in [0.3, 0.4) is 0 Å². The molecule has 1 fully saturated rings. The average Bonchev–Trinajstić information content (AvgIpc) is 3.79. The van der Waals surface area contributed by atoms with Gasteiger partial charge in [0, 0.05) is 138 Å². The van der Waals surface area contributed by atoms with E-state index >= 15 is 0 Å². The number of ether oxygens (including phenoxy) is 4. The molecule has 4 heterocycles. The number of alkyl halides is 2. The SMILES string of the molecule is CC(=O)OOC(C)=O.CCC(=O)N1CCn2c(C3CC3)nc(-c3cncc4cc(-c5cnn(C)c5)c(C)cc34)c2C1.COC(CCCc1ccc(Cl)c(Br)c1)OC.COC(CN)OC.ClCCl.O=Cc1ccc(Cl)c(Br)c1.[B-]OC(C)=O.[Na+]. The molecule has 1 saturated carbocycles. The summed E-state index contributed by atoms with van der Waals surface area (Å²) in [6, 6.07) is 15.5. The van der Waals surface area contributed by atoms with E-state index in [1.54, 1.807) is 46.6 Å². The number of aryl methyl sites for hydroxylation is 3. The number of carbonyl (C=O) groups excluding carboxylic acids is 5. The van der Waals surface area contributed by atoms with Crippen LogP contribution in [-0.2, 0) is 79.1 Å². The van der Waals surface area contributed by atoms with Crippen LogP contribution < -0.4 is 35.3 Å². The number of carbonyl (C=O) groups is 5. The molecule has 0 spiro atoms. The number of fused-ring (bicyclic) bond motifs is 2. The molecule has 0 atom stereocenters. The summed E-state index contributed by atoms with van der Waals surface area (Å²) in [6.45, 7) is 10.2. The molecule has 0 saturated heterocycles. The first-order valence-electron chi connectivity index (χ1n) is 25.4. The van der Waals surface area contributed by atoms with Gasteiger partial charge in [-0.15, -0.1) is 23.2 Å². The molecule has 1 aliphatic carbocycles. The first kappa shape index (κ1) is 77.0. The van der Waals surface area contributed by atoms with Crippen molar-refractivity contribution in [3.63, 3.8) is 0 Å². The third-order valence-electron chi connectivity index (χ3n) is 11.7. The number of imidazole rings is 1. The standard InChI is InChI=1S/C26H28N6O.C12H16BrClO2.C7H4BrClO.C4H11NO2.C4H6O4.C2H3BO2.CH2Cl2.Na/c1-4-24(33)31-7-8-32-23(15-31)25(29-26(32)17-5-6-17)22-13-27-11-18-10-20(16(2)9-21(18)22)19-12-28-30(3)14-19;1-15-12(16-2)5-3-4-9-6-7-11(14)10(13)8-9;8-6-3-5(4-10)1-2-7(6)9;1-6-4(3-5)7-2;1-3(5)7-8-4(2)6;1-2(4)5-3;2-1-3;/h9-14,17H,4-8,15H2,1-3H3;6-8,12H,3-5H2,1-2H3;1-4H;4H,3,5H2,1-2H3;1-2H3;1H3;1H2;/q;;;;;-1;;+1. The van der Waals surface area contributed by atoms with Crippen molar-refractivity contribution in [1.82, 2.24) is 29.2 Å². The van der Waals surface area contributed by atoms with Gasteiger partial charge in [0.15, 0.2) is 12.6 Å². The van der Waals surface area contributed by atoms with Crippen LogP contribution in [0.25, 0.3) is 33.2 Å². The van der Waals surface area contributed by atoms with Crippen molar-refractivity contribution in [2.75, 3.05) is 46.9 Å². The van der Waals surface area contributed by atoms with Gasteiger partial charge in [0.25, 0.3) is 0 Å². The molecule has 0 bridgehead atoms. The largest absolute Gasteiger partial charge is 1.00 e. The zero-order chi connectivity index (χ0) is 61.5. The molecule has 8 rings (SSSR count). The summed E-state index contributed by atoms with van der Waals surface area (Å²) >= 11 is 27.7. The molecular formula is C56H70BBr2Cl4N7NaO12. The van der Waals surface area contributed by atoms with E-state index < -0.39 is 17.9 Å². The third-order valence-corrected chi connectivity index (χ3v) is 14.1. The summed E-state index contributed by atoms with van der Waals surface area (Å²) in [6.07, 6.45) is 14.1. The number of pyridine rings is 1. The summed E-state index contributed by atoms with van der Waals surface area (Å²) in [5.41, 5.74) is 13.7. The van der Waals surface area contributed by atoms with Gasteiger partial charge in [0.2, 0.25) is 11.9 Å². The van der Waals surface area contributed by atoms with Gasteiger partial charge in [-0.2, -0.15) is 5.10 Å². The van der Waals surface area contributed by atoms with Crippen LogP contribution in [0.15, 0.2) is 82.3 Å². The van der Waals surface area contributed by atoms with Gasteiger partial charge in [0.1, 0.15) is 12.1 Å². The molecule has 6 aromatic rings. The van der Waals surface area contributed by atoms with Crippen LogP contribution in [0.2, 0.25) is 10.0 Å². The van der Waals surface area contributed by atoms with Crippen LogP contribution in [0.5, 0.6) is 0 Å². The van der Waals surface area contributed by atoms with Gasteiger partial charge >= 0.3 is 41.5 Å². The van der Waals surface area contributed by atoms with Crippen molar-refractivity contribution in [2.24, 2.45) is 12.8 Å². The number of hydrogen-bond donors (Lipinski definition) is 1. The summed E-state index contributed by atoms with van der Waals surface area (Å²) in [7, 11) is 12.7. The number of aromatic nitrogens is 5. The van der Waals surface area contributed by atoms with Crippen molar-refractivity contribution in [3.05, 3.63) is 121 Å². The summed E-state index contributed by atoms with van der Waals surface area (Å²) in [5, 5.41) is 8.13. The number of methoxy groups -OCH3 is 4. The van der Waals surface area contributed by atoms with Crippen LogP contribution in [0.4, 0.5) is 0 Å². The van der Waals surface area contributed by atoms with Crippen molar-refractivity contribution < 1.29 is 86.9 Å². The van der Waals surface area contributed by atoms with E-state index in [4.69, 9.17) is 76.1 Å². The molecule has 1 aliphatic heterocycles. The van der Waals surface area contributed by atoms with Crippen molar-refractivity contribution in [2.45, 2.75) is 105 Å². The molecule has 3 aromatic heterocycles. The number of hydrogen-bond acceptors (Lipinski definition) is 16. The minimum atomic E-state index is -0.639. The number of amides is 1. The van der Waals surface area contributed by atoms with Gasteiger partial charge in [-0.3, -0.25) is 24.0 Å². The molecule has 1 amide bonds. The fourth-order valence-corrected chi connectivity index (χ4v) is 8.64. The molecule has 27 heteroatoms. The van der Waals surface area contributed by atoms with E-state index in [2.05, 4.69) is 94.1 Å². The number of aldehydes is 1. The van der Waals surface area contributed by atoms with Gasteiger partial charge in [-0.25, -0.2) is 24.3 Å². The quantitative estimate of drug-likeness (QED) is 0.0268. The predicted molar refractivity (Wildman–Crippen MR) is 327 cm³/mol. The molecular weight excluding hydrogens is 1300 g/mol. The molecule has 3 aromatic carbocycles. The summed E-state index contributed by atoms with van der Waals surface area (Å²) < 4.78 is 29.2. The zero-order valence-electron chi connectivity index (χ0n) is 48.5. The average molecular weight is 1370 g/mol. The Bertz CT molecular complexity index is 2950. The van der Waals surface area contributed by atoms with E-state index in [-0.39, 0.29) is 53.4 Å². The van der Waals surface area contributed by atoms with E-state index in [1.165, 1.54) is 42.3 Å². The Morgan fingerprint density at radius 3 is 1.87 bits per heavy atom. The number of benzene rings is 3. The van der Waals surface area contributed by atoms with E-state index in [0.717, 1.165) is 99.7 Å². The normalized spacial score (nSPS) is 11.8. The minimum absolute atomic E-state index is 0. The second kappa shape index (κ2) is 42.0. The Hall–Kier alpha value is -3.98. The van der Waals surface area contributed by atoms with Gasteiger partial charge in [-0.05, 0) is 123 Å². The number of rotatable bonds is 14. The first-order valence-corrected chi connectivity index (χ1v) is 28.8. The Labute approximate surface area is 546 Å². The van der Waals surface area contributed by atoms with Crippen molar-refractivity contribution in [3.8, 4) is 22.4 Å². The Kier molecular flexibility index (Phi) is 39.0. The molecule has 3 radical (unpaired) electrons. The van der Waals surface area contributed by atoms with Crippen LogP contribution in [0.1, 0.15) is 98.7 Å². The van der Waals surface area contributed by atoms with Crippen LogP contribution in [0, 0.1) is 6.92 Å². The fourth-order valence-electron chi connectivity index (χ4n) is 7.58. The van der Waals surface area contributed by atoms with Gasteiger partial charge < -0.3 is 46.9 Å². The molecule has 2 N–H and O–H groups in total. The maximum Gasteiger partial charge on any atom is 1.00 e. The van der Waals surface area contributed by atoms with E-state index in [1.807, 2.05) is 60.5 Å². The Balaban J connectivity index is 0.000000575.